The number of hydrogen-bond donors (Lipinski definition) is 1. The number of hydrogen-bond acceptors (Lipinski definition) is 7. The van der Waals surface area contributed by atoms with Crippen LogP contribution in [0.3, 0.4) is 0 Å². The molecule has 0 saturated carbocycles. The third kappa shape index (κ3) is 4.76. The van der Waals surface area contributed by atoms with Gasteiger partial charge in [0.15, 0.2) is 5.65 Å². The Kier molecular flexibility index (Phi) is 6.87. The van der Waals surface area contributed by atoms with Crippen LogP contribution in [0.2, 0.25) is 0 Å². The third-order valence-electron chi connectivity index (χ3n) is 7.28. The predicted molar refractivity (Wildman–Crippen MR) is 153 cm³/mol. The number of carbonyl (C=O) groups is 1. The largest absolute Gasteiger partial charge is 0.379 e. The number of morpholine rings is 1. The number of rotatable bonds is 7. The molecule has 1 aliphatic rings. The van der Waals surface area contributed by atoms with Gasteiger partial charge >= 0.3 is 0 Å². The lowest BCUT2D eigenvalue weighted by Crippen LogP contribution is -2.41. The number of aryl methyl sites for hydroxylation is 2. The van der Waals surface area contributed by atoms with Gasteiger partial charge < -0.3 is 10.1 Å². The van der Waals surface area contributed by atoms with E-state index in [0.29, 0.717) is 47.6 Å². The molecule has 0 unspecified atom stereocenters. The average molecular weight is 559 g/mol. The van der Waals surface area contributed by atoms with E-state index in [1.165, 1.54) is 3.97 Å². The van der Waals surface area contributed by atoms with E-state index in [2.05, 4.69) is 20.3 Å². The van der Waals surface area contributed by atoms with Crippen molar-refractivity contribution in [3.8, 4) is 11.3 Å². The van der Waals surface area contributed by atoms with Crippen LogP contribution in [0.25, 0.3) is 33.2 Å². The second kappa shape index (κ2) is 10.5. The molecule has 0 atom stereocenters. The summed E-state index contributed by atoms with van der Waals surface area (Å²) in [7, 11) is -2.22. The van der Waals surface area contributed by atoms with Crippen molar-refractivity contribution in [2.75, 3.05) is 39.4 Å². The second-order valence-electron chi connectivity index (χ2n) is 9.97. The maximum absolute atomic E-state index is 14.1. The molecule has 4 heterocycles. The zero-order chi connectivity index (χ0) is 27.9. The van der Waals surface area contributed by atoms with Gasteiger partial charge in [-0.2, -0.15) is 5.10 Å². The summed E-state index contributed by atoms with van der Waals surface area (Å²) in [5.41, 5.74) is 3.49. The number of nitrogens with one attached hydrogen (secondary N) is 1. The van der Waals surface area contributed by atoms with Crippen LogP contribution in [-0.4, -0.2) is 77.4 Å². The minimum Gasteiger partial charge on any atom is -0.379 e. The van der Waals surface area contributed by atoms with Gasteiger partial charge in [-0.25, -0.2) is 17.4 Å². The zero-order valence-corrected chi connectivity index (χ0v) is 23.2. The minimum absolute atomic E-state index is 0.153. The lowest BCUT2D eigenvalue weighted by molar-refractivity contribution is 0.0383. The smallest absolute Gasteiger partial charge is 0.269 e. The van der Waals surface area contributed by atoms with Crippen LogP contribution in [0.1, 0.15) is 15.9 Å². The average Bonchev–Trinajstić information content (AvgIpc) is 3.55. The van der Waals surface area contributed by atoms with Crippen molar-refractivity contribution in [2.24, 2.45) is 7.05 Å². The predicted octanol–water partition coefficient (Wildman–Crippen LogP) is 3.20. The fraction of sp³-hybridized carbons (Fsp3) is 0.276. The van der Waals surface area contributed by atoms with Crippen molar-refractivity contribution in [3.63, 3.8) is 0 Å². The molecule has 0 radical (unpaired) electrons. The first kappa shape index (κ1) is 26.2. The SMILES string of the molecule is Cc1ccc(S(=O)(=O)n2c(-c3cccc(C(=O)NCCN4CCOCC4)c3)cc3c4c(cnc32)cnn4C)cc1. The summed E-state index contributed by atoms with van der Waals surface area (Å²) in [6.45, 7) is 6.26. The fourth-order valence-electron chi connectivity index (χ4n) is 5.12. The molecule has 40 heavy (non-hydrogen) atoms. The Bertz CT molecular complexity index is 1820. The van der Waals surface area contributed by atoms with Crippen molar-refractivity contribution < 1.29 is 17.9 Å². The topological polar surface area (TPSA) is 111 Å². The highest BCUT2D eigenvalue weighted by molar-refractivity contribution is 7.90. The molecule has 10 nitrogen and oxygen atoms in total. The molecule has 5 aromatic rings. The molecule has 0 spiro atoms. The highest BCUT2D eigenvalue weighted by atomic mass is 32.2. The number of nitrogens with zero attached hydrogens (tertiary/aromatic N) is 5. The van der Waals surface area contributed by atoms with Gasteiger partial charge in [0.25, 0.3) is 15.9 Å². The van der Waals surface area contributed by atoms with Gasteiger partial charge in [-0.15, -0.1) is 0 Å². The van der Waals surface area contributed by atoms with E-state index in [9.17, 15) is 13.2 Å². The van der Waals surface area contributed by atoms with Crippen molar-refractivity contribution in [2.45, 2.75) is 11.8 Å². The molecular weight excluding hydrogens is 528 g/mol. The van der Waals surface area contributed by atoms with E-state index in [4.69, 9.17) is 4.74 Å². The van der Waals surface area contributed by atoms with Crippen molar-refractivity contribution in [1.82, 2.24) is 29.0 Å². The molecule has 1 saturated heterocycles. The van der Waals surface area contributed by atoms with Gasteiger partial charge in [0.1, 0.15) is 0 Å². The van der Waals surface area contributed by atoms with Gasteiger partial charge in [0, 0.05) is 61.3 Å². The number of carbonyl (C=O) groups excluding carboxylic acids is 1. The Morgan fingerprint density at radius 2 is 1.82 bits per heavy atom. The molecule has 1 N–H and O–H groups in total. The summed E-state index contributed by atoms with van der Waals surface area (Å²) in [4.78, 5) is 20.0. The quantitative estimate of drug-likeness (QED) is 0.327. The van der Waals surface area contributed by atoms with Gasteiger partial charge in [0.2, 0.25) is 0 Å². The van der Waals surface area contributed by atoms with Crippen molar-refractivity contribution in [3.05, 3.63) is 78.1 Å². The Morgan fingerprint density at radius 3 is 2.60 bits per heavy atom. The molecule has 11 heteroatoms. The standard InChI is InChI=1S/C29H30N6O4S/c1-20-6-8-24(9-7-20)40(37,38)35-26(17-25-27-23(18-31-28(25)35)19-32-33(27)2)21-4-3-5-22(16-21)29(36)30-10-11-34-12-14-39-15-13-34/h3-9,16-19H,10-15H2,1-2H3,(H,30,36). The van der Waals surface area contributed by atoms with Crippen molar-refractivity contribution in [1.29, 1.82) is 0 Å². The molecular formula is C29H30N6O4S. The van der Waals surface area contributed by atoms with E-state index in [-0.39, 0.29) is 10.8 Å². The molecule has 1 amide bonds. The van der Waals surface area contributed by atoms with E-state index in [1.807, 2.05) is 20.0 Å². The van der Waals surface area contributed by atoms with Crippen LogP contribution in [0.5, 0.6) is 0 Å². The normalized spacial score (nSPS) is 14.7. The first-order valence-corrected chi connectivity index (χ1v) is 14.6. The maximum atomic E-state index is 14.1. The first-order chi connectivity index (χ1) is 19.3. The monoisotopic (exact) mass is 558 g/mol. The summed E-state index contributed by atoms with van der Waals surface area (Å²) in [6.07, 6.45) is 3.34. The lowest BCUT2D eigenvalue weighted by Gasteiger charge is -2.26. The Hall–Kier alpha value is -4.06. The summed E-state index contributed by atoms with van der Waals surface area (Å²) in [5.74, 6) is -0.216. The number of pyridine rings is 1. The maximum Gasteiger partial charge on any atom is 0.269 e. The highest BCUT2D eigenvalue weighted by Crippen LogP contribution is 2.35. The first-order valence-electron chi connectivity index (χ1n) is 13.2. The highest BCUT2D eigenvalue weighted by Gasteiger charge is 2.27. The Morgan fingerprint density at radius 1 is 1.05 bits per heavy atom. The molecule has 2 aromatic carbocycles. The molecule has 6 rings (SSSR count). The summed E-state index contributed by atoms with van der Waals surface area (Å²) in [6, 6.07) is 15.6. The number of fused-ring (bicyclic) bond motifs is 3. The van der Waals surface area contributed by atoms with Gasteiger partial charge in [-0.1, -0.05) is 29.8 Å². The second-order valence-corrected chi connectivity index (χ2v) is 11.8. The van der Waals surface area contributed by atoms with Crippen LogP contribution >= 0.6 is 0 Å². The summed E-state index contributed by atoms with van der Waals surface area (Å²) >= 11 is 0. The molecule has 1 fully saturated rings. The van der Waals surface area contributed by atoms with Crippen LogP contribution < -0.4 is 5.32 Å². The fourth-order valence-corrected chi connectivity index (χ4v) is 6.60. The number of aromatic nitrogens is 4. The molecule has 0 aliphatic carbocycles. The zero-order valence-electron chi connectivity index (χ0n) is 22.4. The van der Waals surface area contributed by atoms with E-state index >= 15 is 0 Å². The van der Waals surface area contributed by atoms with Crippen LogP contribution in [-0.2, 0) is 21.8 Å². The van der Waals surface area contributed by atoms with Crippen LogP contribution in [0.15, 0.2) is 71.9 Å². The lowest BCUT2D eigenvalue weighted by atomic mass is 10.1. The van der Waals surface area contributed by atoms with Gasteiger partial charge in [-0.3, -0.25) is 14.4 Å². The molecule has 0 bridgehead atoms. The third-order valence-corrected chi connectivity index (χ3v) is 9.00. The number of amides is 1. The Labute approximate surface area is 232 Å². The van der Waals surface area contributed by atoms with E-state index in [0.717, 1.165) is 36.1 Å². The molecule has 3 aromatic heterocycles. The van der Waals surface area contributed by atoms with E-state index < -0.39 is 10.0 Å². The molecule has 206 valence electrons. The van der Waals surface area contributed by atoms with Gasteiger partial charge in [-0.05, 0) is 37.3 Å². The summed E-state index contributed by atoms with van der Waals surface area (Å²) < 4.78 is 36.6. The van der Waals surface area contributed by atoms with Crippen LogP contribution in [0.4, 0.5) is 0 Å². The van der Waals surface area contributed by atoms with Crippen molar-refractivity contribution >= 4 is 37.9 Å². The van der Waals surface area contributed by atoms with Crippen LogP contribution in [0, 0.1) is 6.92 Å². The number of benzene rings is 2. The Balaban J connectivity index is 1.42. The van der Waals surface area contributed by atoms with E-state index in [1.54, 1.807) is 65.6 Å². The minimum atomic E-state index is -4.03. The number of ether oxygens (including phenoxy) is 1. The summed E-state index contributed by atoms with van der Waals surface area (Å²) in [5, 5.41) is 8.79. The molecule has 1 aliphatic heterocycles. The van der Waals surface area contributed by atoms with Gasteiger partial charge in [0.05, 0.1) is 35.5 Å².